The summed E-state index contributed by atoms with van der Waals surface area (Å²) in [7, 11) is 0. The van der Waals surface area contributed by atoms with Crippen molar-refractivity contribution in [2.24, 2.45) is 0 Å². The van der Waals surface area contributed by atoms with E-state index in [2.05, 4.69) is 10.1 Å². The fourth-order valence-electron chi connectivity index (χ4n) is 1.87. The summed E-state index contributed by atoms with van der Waals surface area (Å²) in [6.07, 6.45) is 3.42. The van der Waals surface area contributed by atoms with Gasteiger partial charge >= 0.3 is 5.97 Å². The topological polar surface area (TPSA) is 116 Å². The number of nitro groups is 1. The van der Waals surface area contributed by atoms with Crippen LogP contribution in [0.15, 0.2) is 18.6 Å². The quantitative estimate of drug-likeness (QED) is 0.626. The summed E-state index contributed by atoms with van der Waals surface area (Å²) in [6, 6.07) is 1.03. The lowest BCUT2D eigenvalue weighted by molar-refractivity contribution is -0.384. The number of carbonyl (C=O) groups is 1. The standard InChI is InChI=1S/C11H13N5O4/c1-2-3-15-10(12-7-13-15)6-14-5-8(16(19)20)4-9(14)11(17)18/h4-5,7H,2-3,6H2,1H3,(H,17,18). The van der Waals surface area contributed by atoms with Crippen molar-refractivity contribution in [2.45, 2.75) is 26.4 Å². The van der Waals surface area contributed by atoms with E-state index in [1.54, 1.807) is 4.68 Å². The lowest BCUT2D eigenvalue weighted by Gasteiger charge is -2.06. The Morgan fingerprint density at radius 2 is 2.30 bits per heavy atom. The Balaban J connectivity index is 2.34. The van der Waals surface area contributed by atoms with E-state index < -0.39 is 10.9 Å². The Kier molecular flexibility index (Phi) is 3.78. The van der Waals surface area contributed by atoms with Crippen LogP contribution in [0.25, 0.3) is 0 Å². The van der Waals surface area contributed by atoms with Gasteiger partial charge in [-0.15, -0.1) is 0 Å². The van der Waals surface area contributed by atoms with Gasteiger partial charge in [-0.25, -0.2) is 14.5 Å². The van der Waals surface area contributed by atoms with Gasteiger partial charge < -0.3 is 9.67 Å². The van der Waals surface area contributed by atoms with Crippen LogP contribution in [0.4, 0.5) is 5.69 Å². The zero-order valence-electron chi connectivity index (χ0n) is 10.8. The summed E-state index contributed by atoms with van der Waals surface area (Å²) in [5.41, 5.74) is -0.410. The molecule has 106 valence electrons. The normalized spacial score (nSPS) is 10.7. The van der Waals surface area contributed by atoms with Crippen molar-refractivity contribution < 1.29 is 14.8 Å². The first kappa shape index (κ1) is 13.7. The molecule has 20 heavy (non-hydrogen) atoms. The lowest BCUT2D eigenvalue weighted by Crippen LogP contribution is -2.13. The molecule has 1 N–H and O–H groups in total. The molecule has 0 aromatic carbocycles. The minimum absolute atomic E-state index is 0.121. The maximum Gasteiger partial charge on any atom is 0.352 e. The highest BCUT2D eigenvalue weighted by Crippen LogP contribution is 2.17. The van der Waals surface area contributed by atoms with Gasteiger partial charge in [0, 0.05) is 12.6 Å². The molecule has 0 saturated carbocycles. The van der Waals surface area contributed by atoms with E-state index >= 15 is 0 Å². The fraction of sp³-hybridized carbons (Fsp3) is 0.364. The Labute approximate surface area is 113 Å². The van der Waals surface area contributed by atoms with Gasteiger partial charge in [0.15, 0.2) is 0 Å². The smallest absolute Gasteiger partial charge is 0.352 e. The van der Waals surface area contributed by atoms with Gasteiger partial charge in [0.2, 0.25) is 0 Å². The molecule has 2 aromatic rings. The van der Waals surface area contributed by atoms with Gasteiger partial charge in [-0.3, -0.25) is 10.1 Å². The van der Waals surface area contributed by atoms with Gasteiger partial charge in [0.25, 0.3) is 5.69 Å². The predicted molar refractivity (Wildman–Crippen MR) is 67.5 cm³/mol. The second-order valence-electron chi connectivity index (χ2n) is 4.17. The van der Waals surface area contributed by atoms with Crippen molar-refractivity contribution in [1.82, 2.24) is 19.3 Å². The summed E-state index contributed by atoms with van der Waals surface area (Å²) in [5, 5.41) is 23.8. The van der Waals surface area contributed by atoms with Gasteiger partial charge in [0.05, 0.1) is 17.7 Å². The van der Waals surface area contributed by atoms with Crippen molar-refractivity contribution in [1.29, 1.82) is 0 Å². The van der Waals surface area contributed by atoms with Crippen LogP contribution >= 0.6 is 0 Å². The van der Waals surface area contributed by atoms with Gasteiger partial charge in [0.1, 0.15) is 17.8 Å². The Morgan fingerprint density at radius 1 is 1.55 bits per heavy atom. The molecule has 9 nitrogen and oxygen atoms in total. The van der Waals surface area contributed by atoms with E-state index in [9.17, 15) is 14.9 Å². The molecule has 0 aliphatic heterocycles. The van der Waals surface area contributed by atoms with Crippen molar-refractivity contribution >= 4 is 11.7 Å². The van der Waals surface area contributed by atoms with E-state index in [1.807, 2.05) is 6.92 Å². The number of rotatable bonds is 6. The number of carboxylic acids is 1. The molecule has 0 aliphatic carbocycles. The van der Waals surface area contributed by atoms with Gasteiger partial charge in [-0.2, -0.15) is 5.10 Å². The number of aromatic carboxylic acids is 1. The van der Waals surface area contributed by atoms with Crippen molar-refractivity contribution in [2.75, 3.05) is 0 Å². The molecule has 0 unspecified atom stereocenters. The molecule has 0 saturated heterocycles. The van der Waals surface area contributed by atoms with Gasteiger partial charge in [-0.1, -0.05) is 6.92 Å². The number of hydrogen-bond acceptors (Lipinski definition) is 5. The van der Waals surface area contributed by atoms with Crippen molar-refractivity contribution in [3.63, 3.8) is 0 Å². The molecule has 2 heterocycles. The summed E-state index contributed by atoms with van der Waals surface area (Å²) in [4.78, 5) is 25.3. The minimum atomic E-state index is -1.22. The Bertz CT molecular complexity index is 645. The highest BCUT2D eigenvalue weighted by molar-refractivity contribution is 5.86. The highest BCUT2D eigenvalue weighted by atomic mass is 16.6. The third-order valence-electron chi connectivity index (χ3n) is 2.75. The summed E-state index contributed by atoms with van der Waals surface area (Å²) >= 11 is 0. The molecule has 0 radical (unpaired) electrons. The first-order valence-corrected chi connectivity index (χ1v) is 5.97. The molecular weight excluding hydrogens is 266 g/mol. The van der Waals surface area contributed by atoms with Crippen LogP contribution < -0.4 is 0 Å². The van der Waals surface area contributed by atoms with E-state index in [4.69, 9.17) is 5.11 Å². The number of aryl methyl sites for hydroxylation is 1. The highest BCUT2D eigenvalue weighted by Gasteiger charge is 2.20. The van der Waals surface area contributed by atoms with E-state index in [0.717, 1.165) is 12.5 Å². The Morgan fingerprint density at radius 3 is 2.90 bits per heavy atom. The number of hydrogen-bond donors (Lipinski definition) is 1. The maximum absolute atomic E-state index is 11.1. The van der Waals surface area contributed by atoms with E-state index in [1.165, 1.54) is 17.1 Å². The molecule has 0 fully saturated rings. The summed E-state index contributed by atoms with van der Waals surface area (Å²) < 4.78 is 2.94. The Hall–Kier alpha value is -2.71. The lowest BCUT2D eigenvalue weighted by atomic mass is 10.4. The van der Waals surface area contributed by atoms with Crippen LogP contribution in [0.3, 0.4) is 0 Å². The molecule has 9 heteroatoms. The first-order chi connectivity index (χ1) is 9.52. The SMILES string of the molecule is CCCn1ncnc1Cn1cc([N+](=O)[O-])cc1C(=O)O. The molecule has 2 rings (SSSR count). The monoisotopic (exact) mass is 279 g/mol. The van der Waals surface area contributed by atoms with Crippen LogP contribution in [0.1, 0.15) is 29.7 Å². The molecular formula is C11H13N5O4. The second kappa shape index (κ2) is 5.51. The molecule has 0 spiro atoms. The van der Waals surface area contributed by atoms with E-state index in [-0.39, 0.29) is 17.9 Å². The number of carboxylic acid groups (broad SMARTS) is 1. The fourth-order valence-corrected chi connectivity index (χ4v) is 1.87. The van der Waals surface area contributed by atoms with Crippen molar-refractivity contribution in [3.8, 4) is 0 Å². The van der Waals surface area contributed by atoms with Crippen LogP contribution in [0, 0.1) is 10.1 Å². The van der Waals surface area contributed by atoms with Crippen LogP contribution in [0.5, 0.6) is 0 Å². The van der Waals surface area contributed by atoms with E-state index in [0.29, 0.717) is 12.4 Å². The third kappa shape index (κ3) is 2.66. The first-order valence-electron chi connectivity index (χ1n) is 5.97. The minimum Gasteiger partial charge on any atom is -0.477 e. The zero-order valence-corrected chi connectivity index (χ0v) is 10.8. The van der Waals surface area contributed by atoms with Crippen molar-refractivity contribution in [3.05, 3.63) is 40.2 Å². The average molecular weight is 279 g/mol. The number of aromatic nitrogens is 4. The maximum atomic E-state index is 11.1. The van der Waals surface area contributed by atoms with Crippen LogP contribution in [-0.2, 0) is 13.1 Å². The molecule has 2 aromatic heterocycles. The van der Waals surface area contributed by atoms with Gasteiger partial charge in [-0.05, 0) is 6.42 Å². The third-order valence-corrected chi connectivity index (χ3v) is 2.75. The molecule has 0 aliphatic rings. The largest absolute Gasteiger partial charge is 0.477 e. The second-order valence-corrected chi connectivity index (χ2v) is 4.17. The average Bonchev–Trinajstić information content (AvgIpc) is 2.98. The van der Waals surface area contributed by atoms with Crippen LogP contribution in [-0.4, -0.2) is 35.3 Å². The zero-order chi connectivity index (χ0) is 14.7. The van der Waals surface area contributed by atoms with Crippen LogP contribution in [0.2, 0.25) is 0 Å². The molecule has 0 atom stereocenters. The molecule has 0 bridgehead atoms. The number of nitrogens with zero attached hydrogens (tertiary/aromatic N) is 5. The summed E-state index contributed by atoms with van der Waals surface area (Å²) in [6.45, 7) is 2.76. The molecule has 0 amide bonds. The summed E-state index contributed by atoms with van der Waals surface area (Å²) in [5.74, 6) is -0.667. The predicted octanol–water partition coefficient (Wildman–Crippen LogP) is 1.14.